The third-order valence-corrected chi connectivity index (χ3v) is 2.61. The van der Waals surface area contributed by atoms with Crippen LogP contribution in [0.2, 0.25) is 0 Å². The lowest BCUT2D eigenvalue weighted by atomic mass is 10.1. The highest BCUT2D eigenvalue weighted by atomic mass is 16.6. The highest BCUT2D eigenvalue weighted by Gasteiger charge is 2.16. The Morgan fingerprint density at radius 1 is 1.19 bits per heavy atom. The first-order chi connectivity index (χ1) is 9.99. The van der Waals surface area contributed by atoms with Gasteiger partial charge in [-0.05, 0) is 26.0 Å². The van der Waals surface area contributed by atoms with Crippen molar-refractivity contribution in [3.63, 3.8) is 0 Å². The standard InChI is InChI=1S/C13H18N4O4/c1-3-14-10-7-9(5-6-11(10)17(20)21)13(19)16-8-12(18)15-4-2/h5-7,14H,3-4,8H2,1-2H3,(H,15,18)(H,16,19). The Morgan fingerprint density at radius 2 is 1.90 bits per heavy atom. The summed E-state index contributed by atoms with van der Waals surface area (Å²) in [5.41, 5.74) is 0.422. The van der Waals surface area contributed by atoms with Crippen molar-refractivity contribution in [2.75, 3.05) is 25.0 Å². The molecule has 0 aromatic heterocycles. The molecule has 0 saturated heterocycles. The van der Waals surface area contributed by atoms with Crippen molar-refractivity contribution in [1.29, 1.82) is 0 Å². The number of nitro groups is 1. The van der Waals surface area contributed by atoms with Crippen LogP contribution < -0.4 is 16.0 Å². The quantitative estimate of drug-likeness (QED) is 0.510. The second-order valence-electron chi connectivity index (χ2n) is 4.16. The van der Waals surface area contributed by atoms with Crippen molar-refractivity contribution in [2.45, 2.75) is 13.8 Å². The maximum Gasteiger partial charge on any atom is 0.292 e. The number of anilines is 1. The Morgan fingerprint density at radius 3 is 2.48 bits per heavy atom. The molecule has 0 heterocycles. The lowest BCUT2D eigenvalue weighted by molar-refractivity contribution is -0.384. The molecular formula is C13H18N4O4. The van der Waals surface area contributed by atoms with Crippen LogP contribution >= 0.6 is 0 Å². The Kier molecular flexibility index (Phi) is 6.12. The fourth-order valence-corrected chi connectivity index (χ4v) is 1.69. The predicted octanol–water partition coefficient (Wildman–Crippen LogP) is 0.892. The Labute approximate surface area is 122 Å². The first-order valence-corrected chi connectivity index (χ1v) is 6.56. The van der Waals surface area contributed by atoms with Gasteiger partial charge < -0.3 is 16.0 Å². The molecule has 0 aliphatic heterocycles. The molecule has 3 N–H and O–H groups in total. The van der Waals surface area contributed by atoms with Crippen LogP contribution in [0.4, 0.5) is 11.4 Å². The van der Waals surface area contributed by atoms with Crippen LogP contribution in [0, 0.1) is 10.1 Å². The fourth-order valence-electron chi connectivity index (χ4n) is 1.69. The number of carbonyl (C=O) groups is 2. The molecule has 0 aliphatic rings. The van der Waals surface area contributed by atoms with E-state index in [1.54, 1.807) is 13.8 Å². The summed E-state index contributed by atoms with van der Waals surface area (Å²) < 4.78 is 0. The molecule has 0 atom stereocenters. The van der Waals surface area contributed by atoms with Gasteiger partial charge in [0.1, 0.15) is 5.69 Å². The summed E-state index contributed by atoms with van der Waals surface area (Å²) in [4.78, 5) is 33.5. The molecule has 114 valence electrons. The summed E-state index contributed by atoms with van der Waals surface area (Å²) in [6, 6.07) is 4.01. The van der Waals surface area contributed by atoms with E-state index in [0.29, 0.717) is 13.1 Å². The normalized spacial score (nSPS) is 9.81. The number of nitrogens with one attached hydrogen (secondary N) is 3. The summed E-state index contributed by atoms with van der Waals surface area (Å²) in [6.07, 6.45) is 0. The summed E-state index contributed by atoms with van der Waals surface area (Å²) in [5.74, 6) is -0.755. The monoisotopic (exact) mass is 294 g/mol. The van der Waals surface area contributed by atoms with Gasteiger partial charge in [0.25, 0.3) is 11.6 Å². The minimum absolute atomic E-state index is 0.0999. The third kappa shape index (κ3) is 4.75. The molecule has 0 saturated carbocycles. The molecule has 1 aromatic carbocycles. The van der Waals surface area contributed by atoms with Gasteiger partial charge in [0.2, 0.25) is 5.91 Å². The van der Waals surface area contributed by atoms with Gasteiger partial charge in [-0.1, -0.05) is 0 Å². The van der Waals surface area contributed by atoms with E-state index in [1.807, 2.05) is 0 Å². The predicted molar refractivity (Wildman–Crippen MR) is 78.3 cm³/mol. The zero-order valence-electron chi connectivity index (χ0n) is 11.9. The average molecular weight is 294 g/mol. The number of likely N-dealkylation sites (N-methyl/N-ethyl adjacent to an activating group) is 1. The smallest absolute Gasteiger partial charge is 0.292 e. The van der Waals surface area contributed by atoms with Crippen LogP contribution in [0.25, 0.3) is 0 Å². The van der Waals surface area contributed by atoms with Crippen molar-refractivity contribution >= 4 is 23.2 Å². The van der Waals surface area contributed by atoms with Gasteiger partial charge in [0.15, 0.2) is 0 Å². The molecule has 8 nitrogen and oxygen atoms in total. The number of rotatable bonds is 7. The van der Waals surface area contributed by atoms with E-state index in [1.165, 1.54) is 18.2 Å². The van der Waals surface area contributed by atoms with E-state index < -0.39 is 10.8 Å². The van der Waals surface area contributed by atoms with Crippen molar-refractivity contribution in [3.8, 4) is 0 Å². The molecule has 0 aliphatic carbocycles. The second kappa shape index (κ2) is 7.83. The first-order valence-electron chi connectivity index (χ1n) is 6.56. The number of hydrogen-bond donors (Lipinski definition) is 3. The molecule has 0 unspecified atom stereocenters. The van der Waals surface area contributed by atoms with Crippen molar-refractivity contribution in [3.05, 3.63) is 33.9 Å². The molecule has 0 spiro atoms. The van der Waals surface area contributed by atoms with Gasteiger partial charge in [-0.25, -0.2) is 0 Å². The maximum absolute atomic E-state index is 11.9. The fraction of sp³-hybridized carbons (Fsp3) is 0.385. The van der Waals surface area contributed by atoms with Gasteiger partial charge in [0, 0.05) is 24.7 Å². The van der Waals surface area contributed by atoms with Crippen LogP contribution in [-0.2, 0) is 4.79 Å². The minimum atomic E-state index is -0.519. The van der Waals surface area contributed by atoms with Crippen LogP contribution in [-0.4, -0.2) is 36.4 Å². The third-order valence-electron chi connectivity index (χ3n) is 2.61. The molecule has 2 amide bonds. The van der Waals surface area contributed by atoms with E-state index in [-0.39, 0.29) is 29.4 Å². The molecule has 1 rings (SSSR count). The SMILES string of the molecule is CCNC(=O)CNC(=O)c1ccc([N+](=O)[O-])c(NCC)c1. The largest absolute Gasteiger partial charge is 0.380 e. The summed E-state index contributed by atoms with van der Waals surface area (Å²) in [7, 11) is 0. The van der Waals surface area contributed by atoms with Crippen molar-refractivity contribution in [1.82, 2.24) is 10.6 Å². The zero-order chi connectivity index (χ0) is 15.8. The van der Waals surface area contributed by atoms with E-state index in [0.717, 1.165) is 0 Å². The summed E-state index contributed by atoms with van der Waals surface area (Å²) in [6.45, 7) is 4.41. The lowest BCUT2D eigenvalue weighted by Crippen LogP contribution is -2.36. The number of amides is 2. The highest BCUT2D eigenvalue weighted by Crippen LogP contribution is 2.25. The van der Waals surface area contributed by atoms with Crippen LogP contribution in [0.5, 0.6) is 0 Å². The molecule has 0 bridgehead atoms. The van der Waals surface area contributed by atoms with Crippen LogP contribution in [0.1, 0.15) is 24.2 Å². The van der Waals surface area contributed by atoms with Crippen LogP contribution in [0.3, 0.4) is 0 Å². The molecule has 8 heteroatoms. The number of nitrogens with zero attached hydrogens (tertiary/aromatic N) is 1. The van der Waals surface area contributed by atoms with Crippen molar-refractivity contribution < 1.29 is 14.5 Å². The number of benzene rings is 1. The van der Waals surface area contributed by atoms with Crippen molar-refractivity contribution in [2.24, 2.45) is 0 Å². The van der Waals surface area contributed by atoms with E-state index in [9.17, 15) is 19.7 Å². The Hall–Kier alpha value is -2.64. The number of carbonyl (C=O) groups excluding carboxylic acids is 2. The number of nitro benzene ring substituents is 1. The highest BCUT2D eigenvalue weighted by molar-refractivity contribution is 5.97. The van der Waals surface area contributed by atoms with Gasteiger partial charge in [0.05, 0.1) is 11.5 Å². The van der Waals surface area contributed by atoms with Gasteiger partial charge in [-0.15, -0.1) is 0 Å². The Bertz CT molecular complexity index is 545. The minimum Gasteiger partial charge on any atom is -0.380 e. The molecule has 0 fully saturated rings. The van der Waals surface area contributed by atoms with E-state index in [2.05, 4.69) is 16.0 Å². The molecule has 0 radical (unpaired) electrons. The second-order valence-corrected chi connectivity index (χ2v) is 4.16. The maximum atomic E-state index is 11.9. The molecule has 21 heavy (non-hydrogen) atoms. The van der Waals surface area contributed by atoms with E-state index in [4.69, 9.17) is 0 Å². The van der Waals surface area contributed by atoms with E-state index >= 15 is 0 Å². The van der Waals surface area contributed by atoms with Gasteiger partial charge in [-0.3, -0.25) is 19.7 Å². The molecule has 1 aromatic rings. The van der Waals surface area contributed by atoms with Crippen LogP contribution in [0.15, 0.2) is 18.2 Å². The summed E-state index contributed by atoms with van der Waals surface area (Å²) in [5, 5.41) is 18.7. The first kappa shape index (κ1) is 16.4. The molecular weight excluding hydrogens is 276 g/mol. The number of hydrogen-bond acceptors (Lipinski definition) is 5. The topological polar surface area (TPSA) is 113 Å². The Balaban J connectivity index is 2.83. The van der Waals surface area contributed by atoms with Gasteiger partial charge >= 0.3 is 0 Å². The lowest BCUT2D eigenvalue weighted by Gasteiger charge is -2.08. The zero-order valence-corrected chi connectivity index (χ0v) is 11.9. The van der Waals surface area contributed by atoms with Gasteiger partial charge in [-0.2, -0.15) is 0 Å². The summed E-state index contributed by atoms with van der Waals surface area (Å²) >= 11 is 0. The average Bonchev–Trinajstić information content (AvgIpc) is 2.45.